The van der Waals surface area contributed by atoms with Gasteiger partial charge in [-0.2, -0.15) is 0 Å². The van der Waals surface area contributed by atoms with Crippen LogP contribution in [0.4, 0.5) is 4.39 Å². The van der Waals surface area contributed by atoms with E-state index < -0.39 is 17.9 Å². The van der Waals surface area contributed by atoms with Gasteiger partial charge in [-0.05, 0) is 35.4 Å². The van der Waals surface area contributed by atoms with Crippen LogP contribution in [0.1, 0.15) is 23.2 Å². The summed E-state index contributed by atoms with van der Waals surface area (Å²) in [5, 5.41) is 0.693. The molecule has 0 aliphatic rings. The van der Waals surface area contributed by atoms with Gasteiger partial charge in [0.2, 0.25) is 0 Å². The Balaban J connectivity index is 2.25. The number of nitrogens with two attached hydrogens (primary N) is 2. The summed E-state index contributed by atoms with van der Waals surface area (Å²) in [4.78, 5) is 0. The SMILES string of the molecule is N[C@H](c1ccc(Cl)c(F)c1)[C@@H](N)c1ccc(Cl)cc1. The van der Waals surface area contributed by atoms with Gasteiger partial charge in [-0.25, -0.2) is 4.39 Å². The Bertz CT molecular complexity index is 572. The highest BCUT2D eigenvalue weighted by atomic mass is 35.5. The Kier molecular flexibility index (Phi) is 4.42. The predicted molar refractivity (Wildman–Crippen MR) is 76.7 cm³/mol. The van der Waals surface area contributed by atoms with Crippen LogP contribution in [-0.2, 0) is 0 Å². The van der Waals surface area contributed by atoms with Crippen molar-refractivity contribution in [3.63, 3.8) is 0 Å². The van der Waals surface area contributed by atoms with Crippen LogP contribution >= 0.6 is 23.2 Å². The fourth-order valence-electron chi connectivity index (χ4n) is 1.82. The number of halogens is 3. The second-order valence-electron chi connectivity index (χ2n) is 4.28. The standard InChI is InChI=1S/C14H13Cl2FN2/c15-10-4-1-8(2-5-10)13(18)14(19)9-3-6-11(16)12(17)7-9/h1-7,13-14H,18-19H2/t13-,14+/m0/s1. The zero-order valence-electron chi connectivity index (χ0n) is 9.98. The maximum Gasteiger partial charge on any atom is 0.142 e. The zero-order valence-corrected chi connectivity index (χ0v) is 11.5. The van der Waals surface area contributed by atoms with Crippen molar-refractivity contribution in [2.45, 2.75) is 12.1 Å². The van der Waals surface area contributed by atoms with Gasteiger partial charge >= 0.3 is 0 Å². The summed E-state index contributed by atoms with van der Waals surface area (Å²) < 4.78 is 13.4. The Morgan fingerprint density at radius 1 is 0.842 bits per heavy atom. The van der Waals surface area contributed by atoms with E-state index in [4.69, 9.17) is 34.7 Å². The van der Waals surface area contributed by atoms with E-state index in [1.165, 1.54) is 12.1 Å². The molecule has 0 spiro atoms. The number of rotatable bonds is 3. The molecule has 0 aliphatic carbocycles. The van der Waals surface area contributed by atoms with E-state index in [2.05, 4.69) is 0 Å². The van der Waals surface area contributed by atoms with Crippen LogP contribution < -0.4 is 11.5 Å². The van der Waals surface area contributed by atoms with Crippen LogP contribution in [0.15, 0.2) is 42.5 Å². The number of hydrogen-bond acceptors (Lipinski definition) is 2. The van der Waals surface area contributed by atoms with E-state index in [0.29, 0.717) is 10.6 Å². The van der Waals surface area contributed by atoms with Crippen LogP contribution in [0.3, 0.4) is 0 Å². The van der Waals surface area contributed by atoms with Gasteiger partial charge in [0.05, 0.1) is 5.02 Å². The smallest absolute Gasteiger partial charge is 0.142 e. The summed E-state index contributed by atoms with van der Waals surface area (Å²) in [6.07, 6.45) is 0. The summed E-state index contributed by atoms with van der Waals surface area (Å²) in [6.45, 7) is 0. The molecule has 2 aromatic rings. The number of hydrogen-bond donors (Lipinski definition) is 2. The molecule has 0 saturated carbocycles. The first kappa shape index (κ1) is 14.3. The summed E-state index contributed by atoms with van der Waals surface area (Å²) in [5.74, 6) is -0.502. The van der Waals surface area contributed by atoms with E-state index in [-0.39, 0.29) is 5.02 Å². The highest BCUT2D eigenvalue weighted by Crippen LogP contribution is 2.27. The van der Waals surface area contributed by atoms with Crippen LogP contribution in [0.2, 0.25) is 10.0 Å². The molecule has 0 saturated heterocycles. The first-order valence-corrected chi connectivity index (χ1v) is 6.46. The lowest BCUT2D eigenvalue weighted by molar-refractivity contribution is 0.564. The Hall–Kier alpha value is -1.13. The molecule has 0 aromatic heterocycles. The van der Waals surface area contributed by atoms with Crippen LogP contribution in [-0.4, -0.2) is 0 Å². The lowest BCUT2D eigenvalue weighted by Gasteiger charge is -2.21. The van der Waals surface area contributed by atoms with Crippen molar-refractivity contribution in [3.05, 3.63) is 69.5 Å². The molecule has 0 radical (unpaired) electrons. The van der Waals surface area contributed by atoms with E-state index in [9.17, 15) is 4.39 Å². The molecule has 0 aliphatic heterocycles. The average Bonchev–Trinajstić information content (AvgIpc) is 2.41. The Morgan fingerprint density at radius 3 is 1.95 bits per heavy atom. The average molecular weight is 299 g/mol. The molecule has 0 amide bonds. The molecule has 0 fully saturated rings. The molecule has 2 nitrogen and oxygen atoms in total. The minimum Gasteiger partial charge on any atom is -0.322 e. The molecule has 4 N–H and O–H groups in total. The second kappa shape index (κ2) is 5.88. The predicted octanol–water partition coefficient (Wildman–Crippen LogP) is 3.83. The topological polar surface area (TPSA) is 52.0 Å². The molecule has 0 heterocycles. The molecular weight excluding hydrogens is 286 g/mol. The maximum atomic E-state index is 13.4. The van der Waals surface area contributed by atoms with E-state index in [1.807, 2.05) is 0 Å². The highest BCUT2D eigenvalue weighted by Gasteiger charge is 2.18. The van der Waals surface area contributed by atoms with Gasteiger partial charge in [0, 0.05) is 17.1 Å². The van der Waals surface area contributed by atoms with Gasteiger partial charge in [0.1, 0.15) is 5.82 Å². The van der Waals surface area contributed by atoms with Gasteiger partial charge in [-0.3, -0.25) is 0 Å². The van der Waals surface area contributed by atoms with Crippen molar-refractivity contribution >= 4 is 23.2 Å². The quantitative estimate of drug-likeness (QED) is 0.905. The molecule has 100 valence electrons. The highest BCUT2D eigenvalue weighted by molar-refractivity contribution is 6.30. The molecule has 2 atom stereocenters. The molecule has 0 bridgehead atoms. The zero-order chi connectivity index (χ0) is 14.0. The van der Waals surface area contributed by atoms with Gasteiger partial charge in [0.15, 0.2) is 0 Å². The fourth-order valence-corrected chi connectivity index (χ4v) is 2.06. The second-order valence-corrected chi connectivity index (χ2v) is 5.12. The first-order chi connectivity index (χ1) is 8.99. The van der Waals surface area contributed by atoms with Gasteiger partial charge in [-0.15, -0.1) is 0 Å². The molecule has 2 aromatic carbocycles. The first-order valence-electron chi connectivity index (χ1n) is 5.70. The summed E-state index contributed by atoms with van der Waals surface area (Å²) in [5.41, 5.74) is 13.6. The summed E-state index contributed by atoms with van der Waals surface area (Å²) >= 11 is 11.5. The molecule has 5 heteroatoms. The van der Waals surface area contributed by atoms with Crippen molar-refractivity contribution in [3.8, 4) is 0 Å². The van der Waals surface area contributed by atoms with Crippen molar-refractivity contribution in [1.29, 1.82) is 0 Å². The van der Waals surface area contributed by atoms with E-state index in [1.54, 1.807) is 30.3 Å². The van der Waals surface area contributed by atoms with E-state index in [0.717, 1.165) is 5.56 Å². The lowest BCUT2D eigenvalue weighted by atomic mass is 9.95. The molecular formula is C14H13Cl2FN2. The van der Waals surface area contributed by atoms with Crippen LogP contribution in [0, 0.1) is 5.82 Å². The van der Waals surface area contributed by atoms with Gasteiger partial charge < -0.3 is 11.5 Å². The monoisotopic (exact) mass is 298 g/mol. The van der Waals surface area contributed by atoms with Crippen molar-refractivity contribution < 1.29 is 4.39 Å². The minimum absolute atomic E-state index is 0.0658. The third-order valence-corrected chi connectivity index (χ3v) is 3.53. The van der Waals surface area contributed by atoms with Crippen molar-refractivity contribution in [2.24, 2.45) is 11.5 Å². The van der Waals surface area contributed by atoms with Crippen LogP contribution in [0.25, 0.3) is 0 Å². The maximum absolute atomic E-state index is 13.4. The Labute approximate surface area is 121 Å². The normalized spacial score (nSPS) is 14.2. The van der Waals surface area contributed by atoms with Crippen molar-refractivity contribution in [2.75, 3.05) is 0 Å². The fraction of sp³-hybridized carbons (Fsp3) is 0.143. The van der Waals surface area contributed by atoms with Gasteiger partial charge in [-0.1, -0.05) is 41.4 Å². The number of benzene rings is 2. The summed E-state index contributed by atoms with van der Waals surface area (Å²) in [7, 11) is 0. The van der Waals surface area contributed by atoms with Crippen LogP contribution in [0.5, 0.6) is 0 Å². The lowest BCUT2D eigenvalue weighted by Crippen LogP contribution is -2.26. The third kappa shape index (κ3) is 3.25. The molecule has 2 rings (SSSR count). The van der Waals surface area contributed by atoms with Crippen molar-refractivity contribution in [1.82, 2.24) is 0 Å². The largest absolute Gasteiger partial charge is 0.322 e. The minimum atomic E-state index is -0.520. The van der Waals surface area contributed by atoms with Gasteiger partial charge in [0.25, 0.3) is 0 Å². The molecule has 0 unspecified atom stereocenters. The summed E-state index contributed by atoms with van der Waals surface area (Å²) in [6, 6.07) is 10.6. The third-order valence-electron chi connectivity index (χ3n) is 2.97. The Morgan fingerprint density at radius 2 is 1.37 bits per heavy atom. The molecule has 19 heavy (non-hydrogen) atoms. The van der Waals surface area contributed by atoms with E-state index >= 15 is 0 Å².